The van der Waals surface area contributed by atoms with Gasteiger partial charge in [-0.2, -0.15) is 0 Å². The molecule has 0 rings (SSSR count). The summed E-state index contributed by atoms with van der Waals surface area (Å²) in [5.74, 6) is 0. The molecule has 0 fully saturated rings. The fourth-order valence-corrected chi connectivity index (χ4v) is 2.01. The van der Waals surface area contributed by atoms with E-state index in [1.807, 2.05) is 0 Å². The fourth-order valence-electron chi connectivity index (χ4n) is 2.01. The van der Waals surface area contributed by atoms with E-state index >= 15 is 0 Å². The van der Waals surface area contributed by atoms with E-state index in [1.54, 1.807) is 0 Å². The summed E-state index contributed by atoms with van der Waals surface area (Å²) in [7, 11) is 0. The Labute approximate surface area is 109 Å². The third kappa shape index (κ3) is 9.41. The van der Waals surface area contributed by atoms with Gasteiger partial charge in [0.2, 0.25) is 0 Å². The fraction of sp³-hybridized carbons (Fsp3) is 0.875. The van der Waals surface area contributed by atoms with E-state index in [0.717, 1.165) is 6.54 Å². The maximum atomic E-state index is 4.00. The zero-order valence-corrected chi connectivity index (χ0v) is 12.5. The van der Waals surface area contributed by atoms with Gasteiger partial charge in [0.05, 0.1) is 0 Å². The summed E-state index contributed by atoms with van der Waals surface area (Å²) in [6, 6.07) is 0.568. The maximum Gasteiger partial charge on any atom is 0.00421 e. The van der Waals surface area contributed by atoms with E-state index in [-0.39, 0.29) is 5.41 Å². The Morgan fingerprint density at radius 1 is 1.12 bits per heavy atom. The van der Waals surface area contributed by atoms with Crippen molar-refractivity contribution < 1.29 is 0 Å². The Bertz CT molecular complexity index is 186. The van der Waals surface area contributed by atoms with E-state index in [9.17, 15) is 0 Å². The summed E-state index contributed by atoms with van der Waals surface area (Å²) < 4.78 is 0. The third-order valence-corrected chi connectivity index (χ3v) is 3.51. The van der Waals surface area contributed by atoms with Crippen LogP contribution in [-0.2, 0) is 0 Å². The van der Waals surface area contributed by atoms with E-state index < -0.39 is 0 Å². The highest BCUT2D eigenvalue weighted by atomic mass is 14.9. The van der Waals surface area contributed by atoms with Crippen LogP contribution >= 0.6 is 0 Å². The van der Waals surface area contributed by atoms with Crippen LogP contribution in [-0.4, -0.2) is 12.6 Å². The lowest BCUT2D eigenvalue weighted by molar-refractivity contribution is 0.335. The van der Waals surface area contributed by atoms with Crippen LogP contribution in [0, 0.1) is 5.41 Å². The standard InChI is InChI=1S/C16H33N/c1-6-8-9-10-11-12-13-16(5,7-2)14-17-15(3)4/h7,15,17H,2,6,8-14H2,1,3-5H3. The molecule has 1 N–H and O–H groups in total. The van der Waals surface area contributed by atoms with Crippen molar-refractivity contribution in [2.45, 2.75) is 78.7 Å². The summed E-state index contributed by atoms with van der Waals surface area (Å²) in [6.45, 7) is 14.1. The van der Waals surface area contributed by atoms with Crippen LogP contribution in [0.2, 0.25) is 0 Å². The number of hydrogen-bond acceptors (Lipinski definition) is 1. The van der Waals surface area contributed by atoms with Gasteiger partial charge in [-0.25, -0.2) is 0 Å². The summed E-state index contributed by atoms with van der Waals surface area (Å²) in [5, 5.41) is 3.53. The topological polar surface area (TPSA) is 12.0 Å². The molecule has 0 heterocycles. The van der Waals surface area contributed by atoms with Crippen LogP contribution in [0.1, 0.15) is 72.6 Å². The zero-order valence-electron chi connectivity index (χ0n) is 12.5. The average Bonchev–Trinajstić information content (AvgIpc) is 2.31. The molecule has 17 heavy (non-hydrogen) atoms. The van der Waals surface area contributed by atoms with Crippen molar-refractivity contribution in [3.05, 3.63) is 12.7 Å². The molecule has 0 saturated heterocycles. The molecule has 0 bridgehead atoms. The monoisotopic (exact) mass is 239 g/mol. The van der Waals surface area contributed by atoms with Gasteiger partial charge in [-0.1, -0.05) is 72.3 Å². The number of hydrogen-bond donors (Lipinski definition) is 1. The van der Waals surface area contributed by atoms with E-state index in [1.165, 1.54) is 44.9 Å². The van der Waals surface area contributed by atoms with Crippen LogP contribution in [0.3, 0.4) is 0 Å². The van der Waals surface area contributed by atoms with Crippen LogP contribution in [0.25, 0.3) is 0 Å². The smallest absolute Gasteiger partial charge is 0.00421 e. The van der Waals surface area contributed by atoms with Gasteiger partial charge < -0.3 is 5.32 Å². The maximum absolute atomic E-state index is 4.00. The molecule has 0 aliphatic rings. The van der Waals surface area contributed by atoms with E-state index in [2.05, 4.69) is 45.7 Å². The Morgan fingerprint density at radius 2 is 1.71 bits per heavy atom. The van der Waals surface area contributed by atoms with Crippen molar-refractivity contribution in [1.29, 1.82) is 0 Å². The summed E-state index contributed by atoms with van der Waals surface area (Å²) >= 11 is 0. The van der Waals surface area contributed by atoms with Crippen LogP contribution < -0.4 is 5.32 Å². The number of unbranched alkanes of at least 4 members (excludes halogenated alkanes) is 5. The van der Waals surface area contributed by atoms with Gasteiger partial charge in [0.15, 0.2) is 0 Å². The van der Waals surface area contributed by atoms with Crippen molar-refractivity contribution in [2.24, 2.45) is 5.41 Å². The molecular formula is C16H33N. The summed E-state index contributed by atoms with van der Waals surface area (Å²) in [6.07, 6.45) is 11.7. The molecular weight excluding hydrogens is 206 g/mol. The quantitative estimate of drug-likeness (QED) is 0.398. The molecule has 1 nitrogen and oxygen atoms in total. The van der Waals surface area contributed by atoms with Crippen LogP contribution in [0.15, 0.2) is 12.7 Å². The van der Waals surface area contributed by atoms with Gasteiger partial charge >= 0.3 is 0 Å². The second-order valence-corrected chi connectivity index (χ2v) is 5.91. The predicted molar refractivity (Wildman–Crippen MR) is 79.4 cm³/mol. The first-order valence-electron chi connectivity index (χ1n) is 7.41. The van der Waals surface area contributed by atoms with Gasteiger partial charge in [-0.15, -0.1) is 6.58 Å². The van der Waals surface area contributed by atoms with Gasteiger partial charge in [0, 0.05) is 12.6 Å². The lowest BCUT2D eigenvalue weighted by Crippen LogP contribution is -2.34. The van der Waals surface area contributed by atoms with Gasteiger partial charge in [-0.05, 0) is 11.8 Å². The second-order valence-electron chi connectivity index (χ2n) is 5.91. The molecule has 0 aromatic rings. The Kier molecular flexibility index (Phi) is 9.53. The second kappa shape index (κ2) is 9.70. The lowest BCUT2D eigenvalue weighted by Gasteiger charge is -2.27. The molecule has 0 amide bonds. The van der Waals surface area contributed by atoms with E-state index in [4.69, 9.17) is 0 Å². The van der Waals surface area contributed by atoms with E-state index in [0.29, 0.717) is 6.04 Å². The van der Waals surface area contributed by atoms with Gasteiger partial charge in [0.1, 0.15) is 0 Å². The highest BCUT2D eigenvalue weighted by Gasteiger charge is 2.19. The highest BCUT2D eigenvalue weighted by molar-refractivity contribution is 4.93. The molecule has 0 radical (unpaired) electrons. The molecule has 102 valence electrons. The SMILES string of the molecule is C=CC(C)(CCCCCCCC)CNC(C)C. The summed E-state index contributed by atoms with van der Waals surface area (Å²) in [4.78, 5) is 0. The molecule has 1 atom stereocenters. The highest BCUT2D eigenvalue weighted by Crippen LogP contribution is 2.25. The van der Waals surface area contributed by atoms with Crippen molar-refractivity contribution >= 4 is 0 Å². The van der Waals surface area contributed by atoms with Gasteiger partial charge in [-0.3, -0.25) is 0 Å². The molecule has 0 aliphatic carbocycles. The summed E-state index contributed by atoms with van der Waals surface area (Å²) in [5.41, 5.74) is 0.273. The molecule has 1 unspecified atom stereocenters. The molecule has 0 aliphatic heterocycles. The van der Waals surface area contributed by atoms with Crippen LogP contribution in [0.5, 0.6) is 0 Å². The minimum Gasteiger partial charge on any atom is -0.314 e. The van der Waals surface area contributed by atoms with Gasteiger partial charge in [0.25, 0.3) is 0 Å². The molecule has 0 spiro atoms. The first kappa shape index (κ1) is 16.7. The predicted octanol–water partition coefficient (Wildman–Crippen LogP) is 4.93. The first-order chi connectivity index (χ1) is 8.04. The van der Waals surface area contributed by atoms with Crippen LogP contribution in [0.4, 0.5) is 0 Å². The largest absolute Gasteiger partial charge is 0.314 e. The Morgan fingerprint density at radius 3 is 2.24 bits per heavy atom. The zero-order chi connectivity index (χ0) is 13.1. The third-order valence-electron chi connectivity index (χ3n) is 3.51. The van der Waals surface area contributed by atoms with Crippen molar-refractivity contribution in [3.8, 4) is 0 Å². The van der Waals surface area contributed by atoms with Crippen molar-refractivity contribution in [2.75, 3.05) is 6.54 Å². The first-order valence-corrected chi connectivity index (χ1v) is 7.41. The Hall–Kier alpha value is -0.300. The normalized spacial score (nSPS) is 14.9. The molecule has 1 heteroatoms. The lowest BCUT2D eigenvalue weighted by atomic mass is 9.84. The molecule has 0 saturated carbocycles. The number of nitrogens with one attached hydrogen (secondary N) is 1. The Balaban J connectivity index is 3.68. The van der Waals surface area contributed by atoms with Crippen molar-refractivity contribution in [1.82, 2.24) is 5.32 Å². The average molecular weight is 239 g/mol. The molecule has 0 aromatic carbocycles. The minimum absolute atomic E-state index is 0.273. The van der Waals surface area contributed by atoms with Crippen molar-refractivity contribution in [3.63, 3.8) is 0 Å². The molecule has 0 aromatic heterocycles. The minimum atomic E-state index is 0.273. The number of rotatable bonds is 11.